The average molecular weight is 279 g/mol. The quantitative estimate of drug-likeness (QED) is 0.791. The number of ether oxygens (including phenoxy) is 1. The maximum Gasteiger partial charge on any atom is 0.102 e. The van der Waals surface area contributed by atoms with Gasteiger partial charge in [-0.15, -0.1) is 11.3 Å². The molecule has 19 heavy (non-hydrogen) atoms. The van der Waals surface area contributed by atoms with Gasteiger partial charge in [0, 0.05) is 11.3 Å². The van der Waals surface area contributed by atoms with Crippen LogP contribution in [0.2, 0.25) is 0 Å². The summed E-state index contributed by atoms with van der Waals surface area (Å²) in [6.07, 6.45) is 0.454. The molecule has 1 heterocycles. The molecule has 0 saturated heterocycles. The first-order valence-electron chi connectivity index (χ1n) is 6.54. The summed E-state index contributed by atoms with van der Waals surface area (Å²) in [4.78, 5) is 2.13. The molecule has 0 bridgehead atoms. The first-order chi connectivity index (χ1) is 9.16. The Labute approximate surface area is 118 Å². The van der Waals surface area contributed by atoms with Crippen molar-refractivity contribution in [2.24, 2.45) is 0 Å². The normalized spacial score (nSPS) is 13.3. The molecular formula is C15H21NO2S. The van der Waals surface area contributed by atoms with Gasteiger partial charge in [-0.25, -0.2) is 0 Å². The predicted octanol–water partition coefficient (Wildman–Crippen LogP) is 2.90. The number of aliphatic hydroxyl groups is 1. The molecular weight excluding hydrogens is 258 g/mol. The summed E-state index contributed by atoms with van der Waals surface area (Å²) in [5.41, 5.74) is 0.933. The zero-order valence-corrected chi connectivity index (χ0v) is 12.3. The minimum atomic E-state index is -0.536. The summed E-state index contributed by atoms with van der Waals surface area (Å²) in [7, 11) is 4.09. The first kappa shape index (κ1) is 14.5. The maximum absolute atomic E-state index is 10.1. The number of nitrogens with zero attached hydrogens (tertiary/aromatic N) is 1. The summed E-state index contributed by atoms with van der Waals surface area (Å²) >= 11 is 1.70. The van der Waals surface area contributed by atoms with Crippen LogP contribution in [-0.4, -0.2) is 43.9 Å². The van der Waals surface area contributed by atoms with Gasteiger partial charge in [-0.2, -0.15) is 0 Å². The zero-order chi connectivity index (χ0) is 13.7. The van der Waals surface area contributed by atoms with Gasteiger partial charge in [0.1, 0.15) is 6.10 Å². The Hall–Kier alpha value is -0.940. The number of hydrogen-bond donors (Lipinski definition) is 1. The van der Waals surface area contributed by atoms with E-state index in [9.17, 15) is 5.11 Å². The Bertz CT molecular complexity index is 510. The van der Waals surface area contributed by atoms with Crippen molar-refractivity contribution < 1.29 is 9.84 Å². The molecule has 2 aromatic rings. The fraction of sp³-hybridized carbons (Fsp3) is 0.467. The Kier molecular flexibility index (Phi) is 5.34. The van der Waals surface area contributed by atoms with Crippen molar-refractivity contribution in [2.75, 3.05) is 33.9 Å². The molecule has 0 spiro atoms. The number of aliphatic hydroxyl groups excluding tert-OH is 1. The van der Waals surface area contributed by atoms with Crippen LogP contribution in [0.1, 0.15) is 18.1 Å². The molecule has 2 rings (SSSR count). The third kappa shape index (κ3) is 4.28. The van der Waals surface area contributed by atoms with E-state index in [4.69, 9.17) is 4.74 Å². The van der Waals surface area contributed by atoms with Gasteiger partial charge in [0.2, 0.25) is 0 Å². The third-order valence-electron chi connectivity index (χ3n) is 3.03. The van der Waals surface area contributed by atoms with E-state index < -0.39 is 6.10 Å². The molecule has 0 aliphatic heterocycles. The second kappa shape index (κ2) is 7.01. The Balaban J connectivity index is 1.80. The van der Waals surface area contributed by atoms with Crippen LogP contribution in [0.3, 0.4) is 0 Å². The van der Waals surface area contributed by atoms with E-state index in [1.54, 1.807) is 11.3 Å². The van der Waals surface area contributed by atoms with Gasteiger partial charge in [0.05, 0.1) is 6.61 Å². The van der Waals surface area contributed by atoms with Gasteiger partial charge < -0.3 is 14.7 Å². The molecule has 0 radical (unpaired) electrons. The van der Waals surface area contributed by atoms with Crippen molar-refractivity contribution in [1.82, 2.24) is 4.90 Å². The molecule has 1 N–H and O–H groups in total. The van der Waals surface area contributed by atoms with Crippen LogP contribution >= 0.6 is 11.3 Å². The van der Waals surface area contributed by atoms with E-state index in [0.29, 0.717) is 13.2 Å². The lowest BCUT2D eigenvalue weighted by molar-refractivity contribution is 0.0335. The highest BCUT2D eigenvalue weighted by molar-refractivity contribution is 7.17. The largest absolute Gasteiger partial charge is 0.386 e. The first-order valence-corrected chi connectivity index (χ1v) is 7.42. The van der Waals surface area contributed by atoms with E-state index in [1.807, 2.05) is 26.2 Å². The number of rotatable bonds is 7. The molecule has 4 heteroatoms. The lowest BCUT2D eigenvalue weighted by Crippen LogP contribution is -2.16. The van der Waals surface area contributed by atoms with E-state index >= 15 is 0 Å². The maximum atomic E-state index is 10.1. The van der Waals surface area contributed by atoms with E-state index in [-0.39, 0.29) is 0 Å². The lowest BCUT2D eigenvalue weighted by Gasteiger charge is -2.13. The highest BCUT2D eigenvalue weighted by Gasteiger charge is 2.08. The SMILES string of the molecule is CN(C)CCCOCC(O)c1ccc2ccsc2c1. The van der Waals surface area contributed by atoms with Crippen molar-refractivity contribution in [3.05, 3.63) is 35.2 Å². The summed E-state index contributed by atoms with van der Waals surface area (Å²) in [6, 6.07) is 8.17. The second-order valence-corrected chi connectivity index (χ2v) is 5.91. The van der Waals surface area contributed by atoms with Crippen LogP contribution in [0, 0.1) is 0 Å². The lowest BCUT2D eigenvalue weighted by atomic mass is 10.1. The highest BCUT2D eigenvalue weighted by atomic mass is 32.1. The molecule has 1 unspecified atom stereocenters. The molecule has 0 saturated carbocycles. The smallest absolute Gasteiger partial charge is 0.102 e. The van der Waals surface area contributed by atoms with Crippen molar-refractivity contribution in [3.63, 3.8) is 0 Å². The molecule has 1 aromatic heterocycles. The number of benzene rings is 1. The van der Waals surface area contributed by atoms with Crippen LogP contribution < -0.4 is 0 Å². The van der Waals surface area contributed by atoms with Gasteiger partial charge in [-0.3, -0.25) is 0 Å². The Morgan fingerprint density at radius 3 is 2.95 bits per heavy atom. The second-order valence-electron chi connectivity index (χ2n) is 4.97. The van der Waals surface area contributed by atoms with E-state index in [2.05, 4.69) is 22.4 Å². The number of fused-ring (bicyclic) bond motifs is 1. The van der Waals surface area contributed by atoms with Crippen LogP contribution in [0.25, 0.3) is 10.1 Å². The van der Waals surface area contributed by atoms with Gasteiger partial charge in [0.25, 0.3) is 0 Å². The molecule has 0 amide bonds. The predicted molar refractivity (Wildman–Crippen MR) is 80.8 cm³/mol. The monoisotopic (exact) mass is 279 g/mol. The average Bonchev–Trinajstić information content (AvgIpc) is 2.84. The molecule has 0 fully saturated rings. The zero-order valence-electron chi connectivity index (χ0n) is 11.5. The highest BCUT2D eigenvalue weighted by Crippen LogP contribution is 2.24. The summed E-state index contributed by atoms with van der Waals surface area (Å²) in [6.45, 7) is 2.07. The van der Waals surface area contributed by atoms with Gasteiger partial charge in [-0.1, -0.05) is 12.1 Å². The minimum Gasteiger partial charge on any atom is -0.386 e. The summed E-state index contributed by atoms with van der Waals surface area (Å²) in [5, 5.41) is 13.4. The molecule has 104 valence electrons. The fourth-order valence-electron chi connectivity index (χ4n) is 1.95. The van der Waals surface area contributed by atoms with Crippen LogP contribution in [0.4, 0.5) is 0 Å². The minimum absolute atomic E-state index is 0.365. The summed E-state index contributed by atoms with van der Waals surface area (Å²) < 4.78 is 6.73. The molecule has 1 atom stereocenters. The van der Waals surface area contributed by atoms with Crippen molar-refractivity contribution in [1.29, 1.82) is 0 Å². The van der Waals surface area contributed by atoms with Crippen LogP contribution in [0.5, 0.6) is 0 Å². The molecule has 0 aliphatic carbocycles. The van der Waals surface area contributed by atoms with Crippen molar-refractivity contribution in [2.45, 2.75) is 12.5 Å². The standard InChI is InChI=1S/C15H21NO2S/c1-16(2)7-3-8-18-11-14(17)13-5-4-12-6-9-19-15(12)10-13/h4-6,9-10,14,17H,3,7-8,11H2,1-2H3. The number of hydrogen-bond acceptors (Lipinski definition) is 4. The van der Waals surface area contributed by atoms with Crippen LogP contribution in [-0.2, 0) is 4.74 Å². The van der Waals surface area contributed by atoms with Crippen molar-refractivity contribution >= 4 is 21.4 Å². The van der Waals surface area contributed by atoms with E-state index in [1.165, 1.54) is 10.1 Å². The Morgan fingerprint density at radius 1 is 1.32 bits per heavy atom. The topological polar surface area (TPSA) is 32.7 Å². The van der Waals surface area contributed by atoms with Gasteiger partial charge >= 0.3 is 0 Å². The fourth-order valence-corrected chi connectivity index (χ4v) is 2.79. The van der Waals surface area contributed by atoms with Crippen molar-refractivity contribution in [3.8, 4) is 0 Å². The summed E-state index contributed by atoms with van der Waals surface area (Å²) in [5.74, 6) is 0. The Morgan fingerprint density at radius 2 is 2.16 bits per heavy atom. The van der Waals surface area contributed by atoms with Gasteiger partial charge in [-0.05, 0) is 55.5 Å². The molecule has 0 aliphatic rings. The van der Waals surface area contributed by atoms with E-state index in [0.717, 1.165) is 18.5 Å². The van der Waals surface area contributed by atoms with Crippen LogP contribution in [0.15, 0.2) is 29.6 Å². The molecule has 1 aromatic carbocycles. The molecule has 3 nitrogen and oxygen atoms in total. The third-order valence-corrected chi connectivity index (χ3v) is 3.91. The number of thiophene rings is 1. The van der Waals surface area contributed by atoms with Gasteiger partial charge in [0.15, 0.2) is 0 Å².